The van der Waals surface area contributed by atoms with Gasteiger partial charge in [-0.15, -0.1) is 0 Å². The van der Waals surface area contributed by atoms with Crippen molar-refractivity contribution in [1.29, 1.82) is 0 Å². The van der Waals surface area contributed by atoms with E-state index in [9.17, 15) is 9.59 Å². The van der Waals surface area contributed by atoms with Gasteiger partial charge in [-0.1, -0.05) is 13.8 Å². The number of rotatable bonds is 6. The van der Waals surface area contributed by atoms with Crippen molar-refractivity contribution in [1.82, 2.24) is 5.32 Å². The van der Waals surface area contributed by atoms with Gasteiger partial charge >= 0.3 is 11.9 Å². The number of furan rings is 1. The topological polar surface area (TPSA) is 88.8 Å². The predicted molar refractivity (Wildman–Crippen MR) is 63.1 cm³/mol. The Balaban J connectivity index is 2.60. The molecule has 0 aliphatic heterocycles. The van der Waals surface area contributed by atoms with Gasteiger partial charge < -0.3 is 14.3 Å². The standard InChI is InChI=1S/C12H17NO5/c1-7(2)10(11(14)15)13-5-9-4-8(6-18-9)12(16)17-3/h4,6-7,10,13H,5H2,1-3H3,(H,14,15). The van der Waals surface area contributed by atoms with Gasteiger partial charge in [-0.2, -0.15) is 0 Å². The van der Waals surface area contributed by atoms with Crippen molar-refractivity contribution < 1.29 is 23.8 Å². The summed E-state index contributed by atoms with van der Waals surface area (Å²) < 4.78 is 9.68. The summed E-state index contributed by atoms with van der Waals surface area (Å²) in [4.78, 5) is 22.1. The van der Waals surface area contributed by atoms with Gasteiger partial charge in [-0.3, -0.25) is 10.1 Å². The lowest BCUT2D eigenvalue weighted by atomic mass is 10.0. The molecule has 0 saturated heterocycles. The van der Waals surface area contributed by atoms with Crippen LogP contribution in [0.25, 0.3) is 0 Å². The fourth-order valence-electron chi connectivity index (χ4n) is 1.52. The van der Waals surface area contributed by atoms with Crippen LogP contribution in [0.4, 0.5) is 0 Å². The van der Waals surface area contributed by atoms with Crippen molar-refractivity contribution in [2.75, 3.05) is 7.11 Å². The van der Waals surface area contributed by atoms with Gasteiger partial charge in [0.1, 0.15) is 18.1 Å². The number of carboxylic acids is 1. The number of hydrogen-bond acceptors (Lipinski definition) is 5. The molecule has 100 valence electrons. The quantitative estimate of drug-likeness (QED) is 0.744. The van der Waals surface area contributed by atoms with Crippen LogP contribution in [0.15, 0.2) is 16.7 Å². The number of nitrogens with one attached hydrogen (secondary N) is 1. The minimum Gasteiger partial charge on any atom is -0.480 e. The second-order valence-electron chi connectivity index (χ2n) is 4.23. The van der Waals surface area contributed by atoms with Gasteiger partial charge in [0.15, 0.2) is 0 Å². The van der Waals surface area contributed by atoms with E-state index in [0.717, 1.165) is 0 Å². The summed E-state index contributed by atoms with van der Waals surface area (Å²) in [6.07, 6.45) is 1.29. The normalized spacial score (nSPS) is 12.4. The van der Waals surface area contributed by atoms with Gasteiger partial charge in [0.25, 0.3) is 0 Å². The minimum atomic E-state index is -0.912. The molecule has 1 unspecified atom stereocenters. The third kappa shape index (κ3) is 3.59. The van der Waals surface area contributed by atoms with E-state index >= 15 is 0 Å². The first-order valence-electron chi connectivity index (χ1n) is 5.57. The molecule has 0 amide bonds. The number of carbonyl (C=O) groups is 2. The number of esters is 1. The zero-order valence-corrected chi connectivity index (χ0v) is 10.6. The smallest absolute Gasteiger partial charge is 0.341 e. The van der Waals surface area contributed by atoms with Crippen LogP contribution in [0.1, 0.15) is 30.0 Å². The molecule has 0 aliphatic rings. The Bertz CT molecular complexity index is 424. The first-order valence-corrected chi connectivity index (χ1v) is 5.57. The SMILES string of the molecule is COC(=O)c1coc(CNC(C(=O)O)C(C)C)c1. The molecule has 1 aromatic rings. The first-order chi connectivity index (χ1) is 8.45. The fraction of sp³-hybridized carbons (Fsp3) is 0.500. The van der Waals surface area contributed by atoms with Crippen LogP contribution in [0.3, 0.4) is 0 Å². The van der Waals surface area contributed by atoms with Gasteiger partial charge in [0.05, 0.1) is 19.2 Å². The lowest BCUT2D eigenvalue weighted by Crippen LogP contribution is -2.40. The van der Waals surface area contributed by atoms with E-state index in [0.29, 0.717) is 11.3 Å². The van der Waals surface area contributed by atoms with E-state index in [2.05, 4.69) is 10.1 Å². The van der Waals surface area contributed by atoms with Gasteiger partial charge in [-0.25, -0.2) is 4.79 Å². The van der Waals surface area contributed by atoms with E-state index < -0.39 is 18.0 Å². The molecule has 2 N–H and O–H groups in total. The lowest BCUT2D eigenvalue weighted by Gasteiger charge is -2.16. The van der Waals surface area contributed by atoms with Gasteiger partial charge in [0, 0.05) is 0 Å². The predicted octanol–water partition coefficient (Wildman–Crippen LogP) is 1.26. The Kier molecular flexibility index (Phi) is 4.91. The van der Waals surface area contributed by atoms with Crippen LogP contribution >= 0.6 is 0 Å². The molecule has 0 bridgehead atoms. The molecular formula is C12H17NO5. The average Bonchev–Trinajstić information content (AvgIpc) is 2.76. The lowest BCUT2D eigenvalue weighted by molar-refractivity contribution is -0.140. The number of hydrogen-bond donors (Lipinski definition) is 2. The van der Waals surface area contributed by atoms with Gasteiger partial charge in [-0.05, 0) is 12.0 Å². The van der Waals surface area contributed by atoms with E-state index in [-0.39, 0.29) is 12.5 Å². The van der Waals surface area contributed by atoms with E-state index in [4.69, 9.17) is 9.52 Å². The monoisotopic (exact) mass is 255 g/mol. The molecule has 1 rings (SSSR count). The third-order valence-corrected chi connectivity index (χ3v) is 2.50. The molecule has 0 spiro atoms. The van der Waals surface area contributed by atoms with Crippen molar-refractivity contribution in [3.05, 3.63) is 23.7 Å². The van der Waals surface area contributed by atoms with E-state index in [1.54, 1.807) is 0 Å². The Morgan fingerprint density at radius 1 is 1.50 bits per heavy atom. The van der Waals surface area contributed by atoms with Gasteiger partial charge in [0.2, 0.25) is 0 Å². The highest BCUT2D eigenvalue weighted by molar-refractivity contribution is 5.88. The molecule has 6 heteroatoms. The first kappa shape index (κ1) is 14.2. The second kappa shape index (κ2) is 6.20. The molecule has 6 nitrogen and oxygen atoms in total. The molecule has 1 atom stereocenters. The van der Waals surface area contributed by atoms with Crippen LogP contribution in [0, 0.1) is 5.92 Å². The van der Waals surface area contributed by atoms with Crippen LogP contribution in [0.2, 0.25) is 0 Å². The molecule has 0 saturated carbocycles. The zero-order chi connectivity index (χ0) is 13.7. The summed E-state index contributed by atoms with van der Waals surface area (Å²) in [6.45, 7) is 3.87. The fourth-order valence-corrected chi connectivity index (χ4v) is 1.52. The summed E-state index contributed by atoms with van der Waals surface area (Å²) >= 11 is 0. The molecule has 1 heterocycles. The van der Waals surface area contributed by atoms with Crippen molar-refractivity contribution in [3.63, 3.8) is 0 Å². The minimum absolute atomic E-state index is 0.0439. The Hall–Kier alpha value is -1.82. The number of carbonyl (C=O) groups excluding carboxylic acids is 1. The highest BCUT2D eigenvalue weighted by atomic mass is 16.5. The van der Waals surface area contributed by atoms with Crippen molar-refractivity contribution >= 4 is 11.9 Å². The van der Waals surface area contributed by atoms with E-state index in [1.165, 1.54) is 19.4 Å². The third-order valence-electron chi connectivity index (χ3n) is 2.50. The summed E-state index contributed by atoms with van der Waals surface area (Å²) in [5, 5.41) is 11.8. The number of aliphatic carboxylic acids is 1. The van der Waals surface area contributed by atoms with Crippen molar-refractivity contribution in [2.45, 2.75) is 26.4 Å². The molecule has 0 aromatic carbocycles. The summed E-state index contributed by atoms with van der Waals surface area (Å²) in [5.41, 5.74) is 0.311. The molecular weight excluding hydrogens is 238 g/mol. The van der Waals surface area contributed by atoms with Crippen LogP contribution in [-0.4, -0.2) is 30.2 Å². The summed E-state index contributed by atoms with van der Waals surface area (Å²) in [5.74, 6) is -0.951. The van der Waals surface area contributed by atoms with Crippen molar-refractivity contribution in [2.24, 2.45) is 5.92 Å². The van der Waals surface area contributed by atoms with Crippen LogP contribution in [0.5, 0.6) is 0 Å². The molecule has 0 radical (unpaired) electrons. The maximum atomic E-state index is 11.2. The number of carboxylic acid groups (broad SMARTS) is 1. The molecule has 1 aromatic heterocycles. The Morgan fingerprint density at radius 3 is 2.67 bits per heavy atom. The maximum absolute atomic E-state index is 11.2. The van der Waals surface area contributed by atoms with E-state index in [1.807, 2.05) is 13.8 Å². The average molecular weight is 255 g/mol. The highest BCUT2D eigenvalue weighted by Gasteiger charge is 2.21. The molecule has 0 aliphatic carbocycles. The summed E-state index contributed by atoms with van der Waals surface area (Å²) in [6, 6.07) is 0.870. The van der Waals surface area contributed by atoms with Crippen molar-refractivity contribution in [3.8, 4) is 0 Å². The number of ether oxygens (including phenoxy) is 1. The Labute approximate surface area is 105 Å². The Morgan fingerprint density at radius 2 is 2.17 bits per heavy atom. The van der Waals surface area contributed by atoms with Crippen LogP contribution in [-0.2, 0) is 16.1 Å². The largest absolute Gasteiger partial charge is 0.480 e. The molecule has 18 heavy (non-hydrogen) atoms. The number of methoxy groups -OCH3 is 1. The second-order valence-corrected chi connectivity index (χ2v) is 4.23. The summed E-state index contributed by atoms with van der Waals surface area (Å²) in [7, 11) is 1.28. The maximum Gasteiger partial charge on any atom is 0.341 e. The van der Waals surface area contributed by atoms with Crippen LogP contribution < -0.4 is 5.32 Å². The molecule has 0 fully saturated rings. The zero-order valence-electron chi connectivity index (χ0n) is 10.6. The highest BCUT2D eigenvalue weighted by Crippen LogP contribution is 2.10.